The highest BCUT2D eigenvalue weighted by Crippen LogP contribution is 2.30. The Labute approximate surface area is 90.7 Å². The van der Waals surface area contributed by atoms with Crippen LogP contribution in [-0.2, 0) is 0 Å². The summed E-state index contributed by atoms with van der Waals surface area (Å²) < 4.78 is 5.22. The van der Waals surface area contributed by atoms with Crippen LogP contribution in [0, 0.1) is 6.92 Å². The summed E-state index contributed by atoms with van der Waals surface area (Å²) in [7, 11) is 0. The maximum Gasteiger partial charge on any atom is 0.231 e. The summed E-state index contributed by atoms with van der Waals surface area (Å²) in [5.74, 6) is 1.96. The molecule has 1 aliphatic rings. The lowest BCUT2D eigenvalue weighted by atomic mass is 10.1. The van der Waals surface area contributed by atoms with Crippen molar-refractivity contribution in [1.82, 2.24) is 15.0 Å². The SMILES string of the molecule is Cc1noc(C2CCN(C(C)(C)C)C2)n1. The van der Waals surface area contributed by atoms with Gasteiger partial charge < -0.3 is 4.52 Å². The number of rotatable bonds is 1. The Hall–Kier alpha value is -0.900. The summed E-state index contributed by atoms with van der Waals surface area (Å²) >= 11 is 0. The predicted molar refractivity (Wildman–Crippen MR) is 57.7 cm³/mol. The van der Waals surface area contributed by atoms with Gasteiger partial charge in [0.2, 0.25) is 5.89 Å². The lowest BCUT2D eigenvalue weighted by molar-refractivity contribution is 0.170. The summed E-state index contributed by atoms with van der Waals surface area (Å²) in [6.45, 7) is 10.8. The van der Waals surface area contributed by atoms with Crippen molar-refractivity contribution >= 4 is 0 Å². The van der Waals surface area contributed by atoms with Crippen LogP contribution in [-0.4, -0.2) is 33.7 Å². The maximum atomic E-state index is 5.22. The molecule has 2 rings (SSSR count). The lowest BCUT2D eigenvalue weighted by Crippen LogP contribution is -2.39. The van der Waals surface area contributed by atoms with Gasteiger partial charge in [-0.15, -0.1) is 0 Å². The monoisotopic (exact) mass is 209 g/mol. The third-order valence-electron chi connectivity index (χ3n) is 3.03. The van der Waals surface area contributed by atoms with Crippen LogP contribution in [0.4, 0.5) is 0 Å². The molecule has 1 unspecified atom stereocenters. The van der Waals surface area contributed by atoms with Crippen molar-refractivity contribution in [2.75, 3.05) is 13.1 Å². The molecule has 1 aromatic rings. The van der Waals surface area contributed by atoms with E-state index in [1.807, 2.05) is 6.92 Å². The molecule has 0 aliphatic carbocycles. The first-order valence-electron chi connectivity index (χ1n) is 5.52. The van der Waals surface area contributed by atoms with Crippen molar-refractivity contribution in [1.29, 1.82) is 0 Å². The summed E-state index contributed by atoms with van der Waals surface area (Å²) in [4.78, 5) is 6.77. The minimum atomic E-state index is 0.240. The third kappa shape index (κ3) is 2.20. The molecule has 2 heterocycles. The molecule has 1 aliphatic heterocycles. The normalized spacial score (nSPS) is 23.6. The van der Waals surface area contributed by atoms with Gasteiger partial charge in [-0.3, -0.25) is 4.90 Å². The largest absolute Gasteiger partial charge is 0.339 e. The Morgan fingerprint density at radius 1 is 1.40 bits per heavy atom. The van der Waals surface area contributed by atoms with E-state index in [2.05, 4.69) is 35.8 Å². The fourth-order valence-electron chi connectivity index (χ4n) is 2.05. The van der Waals surface area contributed by atoms with Gasteiger partial charge in [0.15, 0.2) is 5.82 Å². The highest BCUT2D eigenvalue weighted by Gasteiger charge is 2.33. The van der Waals surface area contributed by atoms with Crippen molar-refractivity contribution in [2.45, 2.75) is 45.6 Å². The Kier molecular flexibility index (Phi) is 2.54. The van der Waals surface area contributed by atoms with E-state index in [4.69, 9.17) is 4.52 Å². The molecule has 0 saturated carbocycles. The van der Waals surface area contributed by atoms with Gasteiger partial charge in [0.05, 0.1) is 5.92 Å². The number of nitrogens with zero attached hydrogens (tertiary/aromatic N) is 3. The molecular weight excluding hydrogens is 190 g/mol. The molecule has 0 radical (unpaired) electrons. The second-order valence-electron chi connectivity index (χ2n) is 5.28. The van der Waals surface area contributed by atoms with Crippen LogP contribution in [0.3, 0.4) is 0 Å². The molecule has 0 bridgehead atoms. The van der Waals surface area contributed by atoms with E-state index in [-0.39, 0.29) is 5.54 Å². The molecule has 1 atom stereocenters. The van der Waals surface area contributed by atoms with Crippen LogP contribution in [0.1, 0.15) is 44.8 Å². The van der Waals surface area contributed by atoms with Crippen LogP contribution in [0.5, 0.6) is 0 Å². The van der Waals surface area contributed by atoms with E-state index in [1.165, 1.54) is 0 Å². The zero-order chi connectivity index (χ0) is 11.1. The van der Waals surface area contributed by atoms with E-state index < -0.39 is 0 Å². The second kappa shape index (κ2) is 3.59. The Morgan fingerprint density at radius 2 is 2.13 bits per heavy atom. The molecule has 0 amide bonds. The van der Waals surface area contributed by atoms with Gasteiger partial charge in [-0.2, -0.15) is 4.98 Å². The van der Waals surface area contributed by atoms with E-state index in [1.54, 1.807) is 0 Å². The minimum absolute atomic E-state index is 0.240. The molecule has 1 fully saturated rings. The standard InChI is InChI=1S/C11H19N3O/c1-8-12-10(15-13-8)9-5-6-14(7-9)11(2,3)4/h9H,5-7H2,1-4H3. The minimum Gasteiger partial charge on any atom is -0.339 e. The molecule has 0 spiro atoms. The smallest absolute Gasteiger partial charge is 0.231 e. The van der Waals surface area contributed by atoms with E-state index in [9.17, 15) is 0 Å². The Balaban J connectivity index is 2.04. The van der Waals surface area contributed by atoms with Crippen LogP contribution >= 0.6 is 0 Å². The van der Waals surface area contributed by atoms with Gasteiger partial charge in [-0.05, 0) is 40.7 Å². The van der Waals surface area contributed by atoms with Crippen LogP contribution < -0.4 is 0 Å². The average Bonchev–Trinajstić information content (AvgIpc) is 2.69. The van der Waals surface area contributed by atoms with Gasteiger partial charge in [0.1, 0.15) is 0 Å². The van der Waals surface area contributed by atoms with Gasteiger partial charge in [-0.1, -0.05) is 5.16 Å². The van der Waals surface area contributed by atoms with Gasteiger partial charge in [0.25, 0.3) is 0 Å². The molecule has 4 nitrogen and oxygen atoms in total. The van der Waals surface area contributed by atoms with E-state index >= 15 is 0 Å². The number of aryl methyl sites for hydroxylation is 1. The van der Waals surface area contributed by atoms with Crippen molar-refractivity contribution in [3.8, 4) is 0 Å². The van der Waals surface area contributed by atoms with Gasteiger partial charge in [0, 0.05) is 12.1 Å². The maximum absolute atomic E-state index is 5.22. The Morgan fingerprint density at radius 3 is 2.60 bits per heavy atom. The van der Waals surface area contributed by atoms with E-state index in [0.29, 0.717) is 5.92 Å². The lowest BCUT2D eigenvalue weighted by Gasteiger charge is -2.31. The number of hydrogen-bond acceptors (Lipinski definition) is 4. The van der Waals surface area contributed by atoms with Crippen LogP contribution in [0.15, 0.2) is 4.52 Å². The molecule has 4 heteroatoms. The molecular formula is C11H19N3O. The molecule has 1 aromatic heterocycles. The number of hydrogen-bond donors (Lipinski definition) is 0. The van der Waals surface area contributed by atoms with Gasteiger partial charge >= 0.3 is 0 Å². The first-order chi connectivity index (χ1) is 6.97. The fraction of sp³-hybridized carbons (Fsp3) is 0.818. The van der Waals surface area contributed by atoms with Crippen LogP contribution in [0.25, 0.3) is 0 Å². The quantitative estimate of drug-likeness (QED) is 0.709. The summed E-state index contributed by atoms with van der Waals surface area (Å²) in [6, 6.07) is 0. The highest BCUT2D eigenvalue weighted by atomic mass is 16.5. The number of likely N-dealkylation sites (tertiary alicyclic amines) is 1. The summed E-state index contributed by atoms with van der Waals surface area (Å²) in [5.41, 5.74) is 0.240. The predicted octanol–water partition coefficient (Wildman–Crippen LogP) is 1.97. The highest BCUT2D eigenvalue weighted by molar-refractivity contribution is 5.00. The zero-order valence-electron chi connectivity index (χ0n) is 9.95. The van der Waals surface area contributed by atoms with Crippen molar-refractivity contribution in [2.24, 2.45) is 0 Å². The first kappa shape index (κ1) is 10.6. The molecule has 0 aromatic carbocycles. The zero-order valence-corrected chi connectivity index (χ0v) is 9.95. The molecule has 84 valence electrons. The fourth-order valence-corrected chi connectivity index (χ4v) is 2.05. The summed E-state index contributed by atoms with van der Waals surface area (Å²) in [5, 5.41) is 3.84. The van der Waals surface area contributed by atoms with Crippen molar-refractivity contribution < 1.29 is 4.52 Å². The topological polar surface area (TPSA) is 42.2 Å². The van der Waals surface area contributed by atoms with Crippen molar-refractivity contribution in [3.05, 3.63) is 11.7 Å². The third-order valence-corrected chi connectivity index (χ3v) is 3.03. The Bertz CT molecular complexity index is 340. The van der Waals surface area contributed by atoms with E-state index in [0.717, 1.165) is 31.2 Å². The summed E-state index contributed by atoms with van der Waals surface area (Å²) in [6.07, 6.45) is 1.12. The van der Waals surface area contributed by atoms with Crippen molar-refractivity contribution in [3.63, 3.8) is 0 Å². The van der Waals surface area contributed by atoms with Gasteiger partial charge in [-0.25, -0.2) is 0 Å². The number of aromatic nitrogens is 2. The molecule has 0 N–H and O–H groups in total. The average molecular weight is 209 g/mol. The molecule has 1 saturated heterocycles. The van der Waals surface area contributed by atoms with Crippen LogP contribution in [0.2, 0.25) is 0 Å². The molecule has 15 heavy (non-hydrogen) atoms. The first-order valence-corrected chi connectivity index (χ1v) is 5.52. The second-order valence-corrected chi connectivity index (χ2v) is 5.28.